The molecule has 2 rings (SSSR count). The molecule has 1 aliphatic heterocycles. The van der Waals surface area contributed by atoms with Crippen LogP contribution in [0.5, 0.6) is 5.88 Å². The molecule has 1 saturated heterocycles. The monoisotopic (exact) mass is 237 g/mol. The number of nitrogens with zero attached hydrogens (tertiary/aromatic N) is 2. The molecule has 0 unspecified atom stereocenters. The van der Waals surface area contributed by atoms with E-state index in [-0.39, 0.29) is 0 Å². The molecule has 0 bridgehead atoms. The largest absolute Gasteiger partial charge is 0.481 e. The van der Waals surface area contributed by atoms with E-state index in [1.54, 1.807) is 7.11 Å². The van der Waals surface area contributed by atoms with Gasteiger partial charge in [-0.15, -0.1) is 0 Å². The van der Waals surface area contributed by atoms with Crippen molar-refractivity contribution in [3.63, 3.8) is 0 Å². The second kappa shape index (κ2) is 5.82. The van der Waals surface area contributed by atoms with Crippen LogP contribution in [0, 0.1) is 12.8 Å². The molecule has 0 aliphatic carbocycles. The third-order valence-corrected chi connectivity index (χ3v) is 2.93. The molecule has 1 N–H and O–H groups in total. The van der Waals surface area contributed by atoms with Gasteiger partial charge in [-0.3, -0.25) is 0 Å². The van der Waals surface area contributed by atoms with E-state index in [0.29, 0.717) is 17.7 Å². The van der Waals surface area contributed by atoms with Gasteiger partial charge in [0.1, 0.15) is 0 Å². The Labute approximate surface area is 102 Å². The van der Waals surface area contributed by atoms with E-state index in [4.69, 9.17) is 9.47 Å². The number of methoxy groups -OCH3 is 1. The van der Waals surface area contributed by atoms with Gasteiger partial charge >= 0.3 is 0 Å². The Hall–Kier alpha value is -1.36. The van der Waals surface area contributed by atoms with Crippen LogP contribution in [0.15, 0.2) is 6.07 Å². The van der Waals surface area contributed by atoms with Gasteiger partial charge in [0.15, 0.2) is 0 Å². The van der Waals surface area contributed by atoms with E-state index < -0.39 is 0 Å². The minimum absolute atomic E-state index is 0.604. The molecule has 5 heteroatoms. The number of rotatable bonds is 4. The van der Waals surface area contributed by atoms with Gasteiger partial charge in [-0.2, -0.15) is 4.98 Å². The zero-order valence-electron chi connectivity index (χ0n) is 10.4. The van der Waals surface area contributed by atoms with Gasteiger partial charge < -0.3 is 14.8 Å². The maximum Gasteiger partial charge on any atom is 0.226 e. The minimum atomic E-state index is 0.604. The quantitative estimate of drug-likeness (QED) is 0.862. The first-order valence-corrected chi connectivity index (χ1v) is 5.99. The number of hydrogen-bond donors (Lipinski definition) is 1. The first-order valence-electron chi connectivity index (χ1n) is 5.99. The fourth-order valence-corrected chi connectivity index (χ4v) is 1.91. The van der Waals surface area contributed by atoms with Gasteiger partial charge in [-0.05, 0) is 25.7 Å². The summed E-state index contributed by atoms with van der Waals surface area (Å²) < 4.78 is 10.4. The predicted octanol–water partition coefficient (Wildman–Crippen LogP) is 1.63. The molecular formula is C12H19N3O2. The van der Waals surface area contributed by atoms with Crippen molar-refractivity contribution in [3.05, 3.63) is 11.8 Å². The predicted molar refractivity (Wildman–Crippen MR) is 65.4 cm³/mol. The van der Waals surface area contributed by atoms with E-state index in [1.807, 2.05) is 13.0 Å². The van der Waals surface area contributed by atoms with Gasteiger partial charge in [0, 0.05) is 31.5 Å². The molecule has 5 nitrogen and oxygen atoms in total. The molecule has 17 heavy (non-hydrogen) atoms. The summed E-state index contributed by atoms with van der Waals surface area (Å²) in [6.45, 7) is 4.56. The Morgan fingerprint density at radius 1 is 1.41 bits per heavy atom. The standard InChI is InChI=1S/C12H19N3O2/c1-9-7-11(16-2)15-12(14-9)13-8-10-3-5-17-6-4-10/h7,10H,3-6,8H2,1-2H3,(H,13,14,15). The van der Waals surface area contributed by atoms with E-state index in [0.717, 1.165) is 38.3 Å². The Balaban J connectivity index is 1.91. The van der Waals surface area contributed by atoms with Crippen molar-refractivity contribution < 1.29 is 9.47 Å². The Morgan fingerprint density at radius 3 is 2.88 bits per heavy atom. The van der Waals surface area contributed by atoms with Crippen LogP contribution in [0.4, 0.5) is 5.95 Å². The van der Waals surface area contributed by atoms with E-state index in [2.05, 4.69) is 15.3 Å². The molecule has 0 amide bonds. The van der Waals surface area contributed by atoms with Gasteiger partial charge in [0.2, 0.25) is 11.8 Å². The molecule has 0 saturated carbocycles. The molecular weight excluding hydrogens is 218 g/mol. The van der Waals surface area contributed by atoms with Crippen LogP contribution in [0.1, 0.15) is 18.5 Å². The molecule has 0 radical (unpaired) electrons. The summed E-state index contributed by atoms with van der Waals surface area (Å²) in [5.41, 5.74) is 0.909. The molecule has 0 spiro atoms. The summed E-state index contributed by atoms with van der Waals surface area (Å²) in [5.74, 6) is 1.90. The first-order chi connectivity index (χ1) is 8.28. The fraction of sp³-hybridized carbons (Fsp3) is 0.667. The highest BCUT2D eigenvalue weighted by atomic mass is 16.5. The van der Waals surface area contributed by atoms with E-state index in [9.17, 15) is 0 Å². The third-order valence-electron chi connectivity index (χ3n) is 2.93. The van der Waals surface area contributed by atoms with Crippen molar-refractivity contribution in [2.24, 2.45) is 5.92 Å². The fourth-order valence-electron chi connectivity index (χ4n) is 1.91. The summed E-state index contributed by atoms with van der Waals surface area (Å²) in [6.07, 6.45) is 2.21. The summed E-state index contributed by atoms with van der Waals surface area (Å²) >= 11 is 0. The molecule has 1 aromatic rings. The van der Waals surface area contributed by atoms with Crippen molar-refractivity contribution >= 4 is 5.95 Å². The van der Waals surface area contributed by atoms with Gasteiger partial charge in [-0.1, -0.05) is 0 Å². The zero-order valence-corrected chi connectivity index (χ0v) is 10.4. The average Bonchev–Trinajstić information content (AvgIpc) is 2.37. The number of ether oxygens (including phenoxy) is 2. The van der Waals surface area contributed by atoms with Gasteiger partial charge in [-0.25, -0.2) is 4.98 Å². The van der Waals surface area contributed by atoms with Crippen molar-refractivity contribution in [1.82, 2.24) is 9.97 Å². The summed E-state index contributed by atoms with van der Waals surface area (Å²) in [4.78, 5) is 8.59. The third kappa shape index (κ3) is 3.56. The van der Waals surface area contributed by atoms with Crippen LogP contribution in [0.2, 0.25) is 0 Å². The normalized spacial score (nSPS) is 16.8. The van der Waals surface area contributed by atoms with E-state index in [1.165, 1.54) is 0 Å². The second-order valence-corrected chi connectivity index (χ2v) is 4.31. The summed E-state index contributed by atoms with van der Waals surface area (Å²) in [6, 6.07) is 1.82. The molecule has 94 valence electrons. The highest BCUT2D eigenvalue weighted by molar-refractivity contribution is 5.30. The molecule has 1 aliphatic rings. The van der Waals surface area contributed by atoms with Crippen LogP contribution < -0.4 is 10.1 Å². The highest BCUT2D eigenvalue weighted by Crippen LogP contribution is 2.16. The maximum absolute atomic E-state index is 5.33. The molecule has 1 fully saturated rings. The van der Waals surface area contributed by atoms with Gasteiger partial charge in [0.25, 0.3) is 0 Å². The average molecular weight is 237 g/mol. The zero-order chi connectivity index (χ0) is 12.1. The lowest BCUT2D eigenvalue weighted by Gasteiger charge is -2.22. The number of anilines is 1. The van der Waals surface area contributed by atoms with Gasteiger partial charge in [0.05, 0.1) is 7.11 Å². The second-order valence-electron chi connectivity index (χ2n) is 4.31. The molecule has 0 aromatic carbocycles. The Morgan fingerprint density at radius 2 is 2.18 bits per heavy atom. The van der Waals surface area contributed by atoms with Crippen molar-refractivity contribution in [3.8, 4) is 5.88 Å². The minimum Gasteiger partial charge on any atom is -0.481 e. The van der Waals surface area contributed by atoms with Crippen LogP contribution >= 0.6 is 0 Å². The topological polar surface area (TPSA) is 56.3 Å². The Bertz CT molecular complexity index is 365. The SMILES string of the molecule is COc1cc(C)nc(NCC2CCOCC2)n1. The lowest BCUT2D eigenvalue weighted by Crippen LogP contribution is -2.23. The van der Waals surface area contributed by atoms with Crippen molar-refractivity contribution in [2.75, 3.05) is 32.2 Å². The van der Waals surface area contributed by atoms with Crippen LogP contribution in [0.3, 0.4) is 0 Å². The lowest BCUT2D eigenvalue weighted by molar-refractivity contribution is 0.0699. The number of nitrogens with one attached hydrogen (secondary N) is 1. The van der Waals surface area contributed by atoms with Crippen molar-refractivity contribution in [1.29, 1.82) is 0 Å². The summed E-state index contributed by atoms with van der Waals surface area (Å²) in [5, 5.41) is 3.27. The van der Waals surface area contributed by atoms with Crippen LogP contribution in [0.25, 0.3) is 0 Å². The lowest BCUT2D eigenvalue weighted by atomic mass is 10.0. The number of aromatic nitrogens is 2. The number of aryl methyl sites for hydroxylation is 1. The van der Waals surface area contributed by atoms with Crippen molar-refractivity contribution in [2.45, 2.75) is 19.8 Å². The molecule has 2 heterocycles. The van der Waals surface area contributed by atoms with Crippen LogP contribution in [-0.2, 0) is 4.74 Å². The van der Waals surface area contributed by atoms with E-state index >= 15 is 0 Å². The first kappa shape index (κ1) is 12.1. The summed E-state index contributed by atoms with van der Waals surface area (Å²) in [7, 11) is 1.62. The highest BCUT2D eigenvalue weighted by Gasteiger charge is 2.14. The number of hydrogen-bond acceptors (Lipinski definition) is 5. The smallest absolute Gasteiger partial charge is 0.226 e. The molecule has 0 atom stereocenters. The maximum atomic E-state index is 5.33. The molecule has 1 aromatic heterocycles. The van der Waals surface area contributed by atoms with Crippen LogP contribution in [-0.4, -0.2) is 36.8 Å². The Kier molecular flexibility index (Phi) is 4.14.